The number of aromatic amines is 1. The molecule has 0 saturated carbocycles. The van der Waals surface area contributed by atoms with Crippen molar-refractivity contribution in [3.05, 3.63) is 95.3 Å². The van der Waals surface area contributed by atoms with Crippen molar-refractivity contribution in [1.29, 1.82) is 0 Å². The van der Waals surface area contributed by atoms with Crippen molar-refractivity contribution < 1.29 is 4.79 Å². The molecule has 1 N–H and O–H groups in total. The highest BCUT2D eigenvalue weighted by atomic mass is 35.5. The molecule has 27 heavy (non-hydrogen) atoms. The second kappa shape index (κ2) is 6.14. The Kier molecular flexibility index (Phi) is 3.62. The number of carbonyl (C=O) groups is 1. The van der Waals surface area contributed by atoms with E-state index in [1.54, 1.807) is 23.4 Å². The highest BCUT2D eigenvalue weighted by Gasteiger charge is 2.28. The Balaban J connectivity index is 1.41. The number of nitrogens with zero attached hydrogens (tertiary/aromatic N) is 3. The maximum atomic E-state index is 12.9. The number of aliphatic imine (C=N–C) groups is 1. The Morgan fingerprint density at radius 2 is 1.93 bits per heavy atom. The zero-order valence-electron chi connectivity index (χ0n) is 14.2. The molecule has 0 fully saturated rings. The van der Waals surface area contributed by atoms with Crippen LogP contribution in [0.4, 0.5) is 0 Å². The predicted molar refractivity (Wildman–Crippen MR) is 106 cm³/mol. The molecule has 3 heterocycles. The van der Waals surface area contributed by atoms with Gasteiger partial charge in [-0.2, -0.15) is 0 Å². The summed E-state index contributed by atoms with van der Waals surface area (Å²) in [6, 6.07) is 17.5. The second-order valence-electron chi connectivity index (χ2n) is 6.45. The number of rotatable bonds is 2. The van der Waals surface area contributed by atoms with Gasteiger partial charge < -0.3 is 9.88 Å². The van der Waals surface area contributed by atoms with Crippen LogP contribution in [0.5, 0.6) is 0 Å². The number of H-pyrrole nitrogens is 1. The maximum Gasteiger partial charge on any atom is 0.278 e. The average molecular weight is 375 g/mol. The van der Waals surface area contributed by atoms with Crippen molar-refractivity contribution in [2.45, 2.75) is 6.04 Å². The van der Waals surface area contributed by atoms with Crippen LogP contribution in [0.3, 0.4) is 0 Å². The van der Waals surface area contributed by atoms with E-state index in [0.29, 0.717) is 10.7 Å². The number of halogens is 1. The van der Waals surface area contributed by atoms with E-state index in [4.69, 9.17) is 11.6 Å². The first-order valence-corrected chi connectivity index (χ1v) is 8.95. The van der Waals surface area contributed by atoms with Crippen LogP contribution in [0.1, 0.15) is 22.1 Å². The fraction of sp³-hybridized carbons (Fsp3) is 0.0476. The highest BCUT2D eigenvalue weighted by molar-refractivity contribution is 6.31. The zero-order valence-corrected chi connectivity index (χ0v) is 15.0. The number of hydrogen-bond acceptors (Lipinski definition) is 3. The normalized spacial score (nSPS) is 18.1. The van der Waals surface area contributed by atoms with E-state index >= 15 is 0 Å². The minimum atomic E-state index is -0.149. The van der Waals surface area contributed by atoms with E-state index in [2.05, 4.69) is 22.1 Å². The van der Waals surface area contributed by atoms with Crippen molar-refractivity contribution in [2.24, 2.45) is 4.99 Å². The van der Waals surface area contributed by atoms with E-state index < -0.39 is 0 Å². The van der Waals surface area contributed by atoms with Crippen molar-refractivity contribution in [2.75, 3.05) is 0 Å². The summed E-state index contributed by atoms with van der Waals surface area (Å²) in [6.45, 7) is 0. The van der Waals surface area contributed by atoms with Gasteiger partial charge in [-0.25, -0.2) is 4.99 Å². The van der Waals surface area contributed by atoms with Crippen molar-refractivity contribution in [1.82, 2.24) is 14.8 Å². The molecule has 3 aromatic rings. The largest absolute Gasteiger partial charge is 0.351 e. The molecule has 2 aliphatic heterocycles. The summed E-state index contributed by atoms with van der Waals surface area (Å²) in [4.78, 5) is 24.1. The van der Waals surface area contributed by atoms with Gasteiger partial charge in [-0.05, 0) is 29.8 Å². The Morgan fingerprint density at radius 3 is 2.78 bits per heavy atom. The van der Waals surface area contributed by atoms with E-state index in [1.807, 2.05) is 53.7 Å². The minimum absolute atomic E-state index is 0.0427. The van der Waals surface area contributed by atoms with Crippen molar-refractivity contribution >= 4 is 34.6 Å². The van der Waals surface area contributed by atoms with Gasteiger partial charge in [-0.3, -0.25) is 9.69 Å². The lowest BCUT2D eigenvalue weighted by Crippen LogP contribution is -2.28. The molecule has 1 amide bonds. The van der Waals surface area contributed by atoms with E-state index in [9.17, 15) is 4.79 Å². The van der Waals surface area contributed by atoms with Crippen molar-refractivity contribution in [3.8, 4) is 0 Å². The third-order valence-electron chi connectivity index (χ3n) is 4.74. The Morgan fingerprint density at radius 1 is 1.07 bits per heavy atom. The van der Waals surface area contributed by atoms with Gasteiger partial charge in [0, 0.05) is 34.5 Å². The number of amides is 1. The molecule has 2 aliphatic rings. The smallest absolute Gasteiger partial charge is 0.278 e. The van der Waals surface area contributed by atoms with E-state index in [-0.39, 0.29) is 11.9 Å². The van der Waals surface area contributed by atoms with E-state index in [0.717, 1.165) is 22.3 Å². The van der Waals surface area contributed by atoms with Crippen LogP contribution in [0.2, 0.25) is 5.02 Å². The number of nitrogens with one attached hydrogen (secondary N) is 1. The predicted octanol–water partition coefficient (Wildman–Crippen LogP) is 4.67. The van der Waals surface area contributed by atoms with Crippen LogP contribution >= 0.6 is 11.6 Å². The molecule has 1 atom stereocenters. The Bertz CT molecular complexity index is 1130. The molecule has 6 heteroatoms. The fourth-order valence-electron chi connectivity index (χ4n) is 3.39. The molecule has 0 aliphatic carbocycles. The van der Waals surface area contributed by atoms with Crippen LogP contribution in [-0.2, 0) is 0 Å². The summed E-state index contributed by atoms with van der Waals surface area (Å²) in [6.07, 6.45) is 7.29. The molecule has 0 saturated heterocycles. The topological polar surface area (TPSA) is 51.7 Å². The van der Waals surface area contributed by atoms with Gasteiger partial charge in [-0.1, -0.05) is 41.9 Å². The van der Waals surface area contributed by atoms with Crippen LogP contribution < -0.4 is 0 Å². The monoisotopic (exact) mass is 374 g/mol. The number of benzene rings is 2. The molecule has 1 aromatic heterocycles. The number of carbonyl (C=O) groups excluding carboxylic acids is 1. The van der Waals surface area contributed by atoms with Gasteiger partial charge in [0.1, 0.15) is 11.5 Å². The van der Waals surface area contributed by atoms with Gasteiger partial charge in [0.05, 0.1) is 12.2 Å². The molecule has 5 rings (SSSR count). The molecule has 0 bridgehead atoms. The van der Waals surface area contributed by atoms with Crippen LogP contribution in [0.15, 0.2) is 84.0 Å². The minimum Gasteiger partial charge on any atom is -0.351 e. The fourth-order valence-corrected chi connectivity index (χ4v) is 3.57. The van der Waals surface area contributed by atoms with Crippen LogP contribution in [0, 0.1) is 0 Å². The summed E-state index contributed by atoms with van der Waals surface area (Å²) in [5.74, 6) is 0.586. The van der Waals surface area contributed by atoms with E-state index in [1.165, 1.54) is 0 Å². The van der Waals surface area contributed by atoms with Gasteiger partial charge in [0.15, 0.2) is 0 Å². The molecule has 0 spiro atoms. The number of fused-ring (bicyclic) bond motifs is 2. The van der Waals surface area contributed by atoms with Gasteiger partial charge >= 0.3 is 0 Å². The molecule has 132 valence electrons. The molecule has 0 radical (unpaired) electrons. The lowest BCUT2D eigenvalue weighted by molar-refractivity contribution is 0.0857. The highest BCUT2D eigenvalue weighted by Crippen LogP contribution is 2.32. The first-order valence-electron chi connectivity index (χ1n) is 8.58. The zero-order chi connectivity index (χ0) is 18.4. The Labute approximate surface area is 160 Å². The molecular formula is C21H15ClN4O. The molecule has 5 nitrogen and oxygen atoms in total. The molecular weight excluding hydrogens is 360 g/mol. The van der Waals surface area contributed by atoms with Gasteiger partial charge in [0.2, 0.25) is 0 Å². The summed E-state index contributed by atoms with van der Waals surface area (Å²) in [5.41, 5.74) is 2.53. The lowest BCUT2D eigenvalue weighted by atomic mass is 10.1. The van der Waals surface area contributed by atoms with Crippen molar-refractivity contribution in [3.63, 3.8) is 0 Å². The van der Waals surface area contributed by atoms with Crippen LogP contribution in [0.25, 0.3) is 10.9 Å². The first kappa shape index (κ1) is 15.9. The summed E-state index contributed by atoms with van der Waals surface area (Å²) in [7, 11) is 0. The molecule has 2 aromatic carbocycles. The summed E-state index contributed by atoms with van der Waals surface area (Å²) >= 11 is 6.03. The third kappa shape index (κ3) is 2.73. The average Bonchev–Trinajstić information content (AvgIpc) is 3.31. The second-order valence-corrected chi connectivity index (χ2v) is 6.89. The lowest BCUT2D eigenvalue weighted by Gasteiger charge is -2.28. The number of aromatic nitrogens is 1. The Hall–Kier alpha value is -3.31. The first-order chi connectivity index (χ1) is 13.2. The maximum absolute atomic E-state index is 12.9. The standard InChI is InChI=1S/C21H15ClN4O/c22-16-6-7-17-15(10-16)11-18(24-17)21(27)25-8-9-26-19(12-23-20(26)13-25)14-4-2-1-3-5-14/h1-13,19,24H. The summed E-state index contributed by atoms with van der Waals surface area (Å²) in [5, 5.41) is 1.55. The SMILES string of the molecule is O=C(c1cc2cc(Cl)ccc2[nH]1)N1C=CN2C(=C1)N=CC2c1ccccc1. The van der Waals surface area contributed by atoms with Gasteiger partial charge in [0.25, 0.3) is 5.91 Å². The number of hydrogen-bond donors (Lipinski definition) is 1. The third-order valence-corrected chi connectivity index (χ3v) is 4.98. The summed E-state index contributed by atoms with van der Waals surface area (Å²) < 4.78 is 0. The quantitative estimate of drug-likeness (QED) is 0.708. The molecule has 1 unspecified atom stereocenters. The van der Waals surface area contributed by atoms with Gasteiger partial charge in [-0.15, -0.1) is 0 Å². The van der Waals surface area contributed by atoms with Crippen LogP contribution in [-0.4, -0.2) is 26.9 Å².